The quantitative estimate of drug-likeness (QED) is 0.779. The molecule has 1 aromatic carbocycles. The Kier molecular flexibility index (Phi) is 7.25. The predicted octanol–water partition coefficient (Wildman–Crippen LogP) is 2.83. The topological polar surface area (TPSA) is 64.6 Å². The summed E-state index contributed by atoms with van der Waals surface area (Å²) in [5.74, 6) is -0.655. The molecule has 1 aliphatic heterocycles. The van der Waals surface area contributed by atoms with E-state index in [1.54, 1.807) is 0 Å². The summed E-state index contributed by atoms with van der Waals surface area (Å²) in [6.45, 7) is 4.15. The lowest BCUT2D eigenvalue weighted by Crippen LogP contribution is -2.42. The molecule has 1 N–H and O–H groups in total. The molecule has 5 nitrogen and oxygen atoms in total. The first kappa shape index (κ1) is 18.5. The highest BCUT2D eigenvalue weighted by Gasteiger charge is 2.32. The van der Waals surface area contributed by atoms with Gasteiger partial charge in [0.2, 0.25) is 5.91 Å². The van der Waals surface area contributed by atoms with E-state index in [9.17, 15) is 9.59 Å². The Morgan fingerprint density at radius 2 is 2.04 bits per heavy atom. The number of esters is 1. The first-order chi connectivity index (χ1) is 11.6. The average Bonchev–Trinajstić information content (AvgIpc) is 2.57. The molecule has 1 aliphatic rings. The van der Waals surface area contributed by atoms with Gasteiger partial charge < -0.3 is 14.8 Å². The molecule has 1 heterocycles. The maximum Gasteiger partial charge on any atom is 0.302 e. The van der Waals surface area contributed by atoms with Crippen LogP contribution in [0.5, 0.6) is 0 Å². The SMILES string of the molecule is CC(=O)OCCC(C(=O)NCc1ccccc1)C1CCCC(C)O1. The molecule has 0 bridgehead atoms. The summed E-state index contributed by atoms with van der Waals surface area (Å²) in [6.07, 6.45) is 3.49. The third kappa shape index (κ3) is 5.96. The van der Waals surface area contributed by atoms with Crippen molar-refractivity contribution < 1.29 is 19.1 Å². The lowest BCUT2D eigenvalue weighted by atomic mass is 9.91. The smallest absolute Gasteiger partial charge is 0.302 e. The van der Waals surface area contributed by atoms with Crippen LogP contribution in [-0.2, 0) is 25.6 Å². The molecule has 132 valence electrons. The van der Waals surface area contributed by atoms with E-state index in [0.717, 1.165) is 24.8 Å². The number of carbonyl (C=O) groups excluding carboxylic acids is 2. The van der Waals surface area contributed by atoms with Crippen molar-refractivity contribution in [3.05, 3.63) is 35.9 Å². The number of benzene rings is 1. The highest BCUT2D eigenvalue weighted by atomic mass is 16.5. The summed E-state index contributed by atoms with van der Waals surface area (Å²) in [5, 5.41) is 2.99. The van der Waals surface area contributed by atoms with Crippen molar-refractivity contribution in [1.82, 2.24) is 5.32 Å². The van der Waals surface area contributed by atoms with Gasteiger partial charge in [0, 0.05) is 13.5 Å². The Bertz CT molecular complexity index is 531. The molecule has 1 saturated heterocycles. The van der Waals surface area contributed by atoms with Gasteiger partial charge in [-0.3, -0.25) is 9.59 Å². The molecule has 2 rings (SSSR count). The van der Waals surface area contributed by atoms with Crippen LogP contribution in [0.25, 0.3) is 0 Å². The summed E-state index contributed by atoms with van der Waals surface area (Å²) in [4.78, 5) is 23.6. The molecular weight excluding hydrogens is 306 g/mol. The second kappa shape index (κ2) is 9.42. The van der Waals surface area contributed by atoms with Crippen LogP contribution in [0, 0.1) is 5.92 Å². The van der Waals surface area contributed by atoms with E-state index >= 15 is 0 Å². The second-order valence-corrected chi connectivity index (χ2v) is 6.35. The van der Waals surface area contributed by atoms with Gasteiger partial charge in [0.05, 0.1) is 24.7 Å². The number of amides is 1. The second-order valence-electron chi connectivity index (χ2n) is 6.35. The summed E-state index contributed by atoms with van der Waals surface area (Å²) in [7, 11) is 0. The fourth-order valence-corrected chi connectivity index (χ4v) is 3.07. The molecular formula is C19H27NO4. The van der Waals surface area contributed by atoms with Crippen molar-refractivity contribution in [2.24, 2.45) is 5.92 Å². The molecule has 0 aromatic heterocycles. The summed E-state index contributed by atoms with van der Waals surface area (Å²) < 4.78 is 11.0. The largest absolute Gasteiger partial charge is 0.466 e. The van der Waals surface area contributed by atoms with Gasteiger partial charge in [0.1, 0.15) is 0 Å². The standard InChI is InChI=1S/C19H27NO4/c1-14-7-6-10-18(24-14)17(11-12-23-15(2)21)19(22)20-13-16-8-4-3-5-9-16/h3-5,8-9,14,17-18H,6-7,10-13H2,1-2H3,(H,20,22). The third-order valence-corrected chi connectivity index (χ3v) is 4.34. The van der Waals surface area contributed by atoms with Crippen LogP contribution < -0.4 is 5.32 Å². The van der Waals surface area contributed by atoms with Gasteiger partial charge in [-0.2, -0.15) is 0 Å². The van der Waals surface area contributed by atoms with Gasteiger partial charge >= 0.3 is 5.97 Å². The van der Waals surface area contributed by atoms with Crippen LogP contribution in [0.4, 0.5) is 0 Å². The van der Waals surface area contributed by atoms with Crippen molar-refractivity contribution in [1.29, 1.82) is 0 Å². The highest BCUT2D eigenvalue weighted by molar-refractivity contribution is 5.79. The number of hydrogen-bond donors (Lipinski definition) is 1. The molecule has 1 aromatic rings. The molecule has 3 atom stereocenters. The molecule has 5 heteroatoms. The van der Waals surface area contributed by atoms with E-state index in [2.05, 4.69) is 5.32 Å². The molecule has 0 spiro atoms. The molecule has 3 unspecified atom stereocenters. The maximum atomic E-state index is 12.7. The first-order valence-electron chi connectivity index (χ1n) is 8.66. The van der Waals surface area contributed by atoms with E-state index in [1.807, 2.05) is 37.3 Å². The van der Waals surface area contributed by atoms with Crippen LogP contribution in [0.15, 0.2) is 30.3 Å². The van der Waals surface area contributed by atoms with Gasteiger partial charge in [0.25, 0.3) is 0 Å². The summed E-state index contributed by atoms with van der Waals surface area (Å²) in [6, 6.07) is 9.81. The zero-order valence-electron chi connectivity index (χ0n) is 14.5. The number of ether oxygens (including phenoxy) is 2. The Hall–Kier alpha value is -1.88. The molecule has 1 amide bonds. The van der Waals surface area contributed by atoms with Gasteiger partial charge in [-0.15, -0.1) is 0 Å². The average molecular weight is 333 g/mol. The van der Waals surface area contributed by atoms with Crippen molar-refractivity contribution >= 4 is 11.9 Å². The van der Waals surface area contributed by atoms with Crippen LogP contribution >= 0.6 is 0 Å². The fourth-order valence-electron chi connectivity index (χ4n) is 3.07. The summed E-state index contributed by atoms with van der Waals surface area (Å²) >= 11 is 0. The molecule has 1 fully saturated rings. The zero-order chi connectivity index (χ0) is 17.4. The number of rotatable bonds is 7. The van der Waals surface area contributed by atoms with Gasteiger partial charge in [-0.25, -0.2) is 0 Å². The highest BCUT2D eigenvalue weighted by Crippen LogP contribution is 2.26. The first-order valence-corrected chi connectivity index (χ1v) is 8.66. The molecule has 0 saturated carbocycles. The van der Waals surface area contributed by atoms with Crippen molar-refractivity contribution in [2.45, 2.75) is 58.3 Å². The minimum absolute atomic E-state index is 0.0369. The number of nitrogens with one attached hydrogen (secondary N) is 1. The van der Waals surface area contributed by atoms with Crippen LogP contribution in [-0.4, -0.2) is 30.7 Å². The van der Waals surface area contributed by atoms with Gasteiger partial charge in [-0.1, -0.05) is 30.3 Å². The van der Waals surface area contributed by atoms with Crippen LogP contribution in [0.1, 0.15) is 45.1 Å². The lowest BCUT2D eigenvalue weighted by Gasteiger charge is -2.33. The molecule has 0 radical (unpaired) electrons. The molecule has 24 heavy (non-hydrogen) atoms. The van der Waals surface area contributed by atoms with Gasteiger partial charge in [-0.05, 0) is 38.2 Å². The van der Waals surface area contributed by atoms with E-state index in [1.165, 1.54) is 6.92 Å². The predicted molar refractivity (Wildman–Crippen MR) is 91.2 cm³/mol. The minimum Gasteiger partial charge on any atom is -0.466 e. The monoisotopic (exact) mass is 333 g/mol. The Balaban J connectivity index is 1.94. The van der Waals surface area contributed by atoms with E-state index in [0.29, 0.717) is 13.0 Å². The Morgan fingerprint density at radius 3 is 2.71 bits per heavy atom. The minimum atomic E-state index is -0.323. The van der Waals surface area contributed by atoms with Crippen LogP contribution in [0.2, 0.25) is 0 Å². The van der Waals surface area contributed by atoms with E-state index < -0.39 is 0 Å². The normalized spacial score (nSPS) is 21.8. The third-order valence-electron chi connectivity index (χ3n) is 4.34. The van der Waals surface area contributed by atoms with E-state index in [-0.39, 0.29) is 36.6 Å². The Labute approximate surface area is 143 Å². The fraction of sp³-hybridized carbons (Fsp3) is 0.579. The number of carbonyl (C=O) groups is 2. The van der Waals surface area contributed by atoms with Crippen molar-refractivity contribution in [3.63, 3.8) is 0 Å². The van der Waals surface area contributed by atoms with E-state index in [4.69, 9.17) is 9.47 Å². The van der Waals surface area contributed by atoms with Gasteiger partial charge in [0.15, 0.2) is 0 Å². The number of hydrogen-bond acceptors (Lipinski definition) is 4. The van der Waals surface area contributed by atoms with Crippen LogP contribution in [0.3, 0.4) is 0 Å². The zero-order valence-corrected chi connectivity index (χ0v) is 14.5. The van der Waals surface area contributed by atoms with Crippen molar-refractivity contribution in [2.75, 3.05) is 6.61 Å². The Morgan fingerprint density at radius 1 is 1.29 bits per heavy atom. The van der Waals surface area contributed by atoms with Crippen molar-refractivity contribution in [3.8, 4) is 0 Å². The lowest BCUT2D eigenvalue weighted by molar-refractivity contribution is -0.146. The maximum absolute atomic E-state index is 12.7. The summed E-state index contributed by atoms with van der Waals surface area (Å²) in [5.41, 5.74) is 1.06. The molecule has 0 aliphatic carbocycles.